The van der Waals surface area contributed by atoms with Gasteiger partial charge in [-0.2, -0.15) is 0 Å². The van der Waals surface area contributed by atoms with Gasteiger partial charge in [0.15, 0.2) is 0 Å². The molecule has 1 aromatic heterocycles. The summed E-state index contributed by atoms with van der Waals surface area (Å²) in [4.78, 5) is 2.49. The Hall–Kier alpha value is -8.98. The first kappa shape index (κ1) is 40.3. The van der Waals surface area contributed by atoms with E-state index in [1.54, 1.807) is 0 Å². The van der Waals surface area contributed by atoms with Crippen LogP contribution in [0.15, 0.2) is 277 Å². The second-order valence-electron chi connectivity index (χ2n) is 18.0. The Morgan fingerprint density at radius 3 is 1.45 bits per heavy atom. The van der Waals surface area contributed by atoms with Crippen molar-refractivity contribution in [2.75, 3.05) is 4.90 Å². The van der Waals surface area contributed by atoms with Crippen molar-refractivity contribution in [2.45, 2.75) is 5.41 Å². The van der Waals surface area contributed by atoms with Gasteiger partial charge in [-0.1, -0.05) is 224 Å². The van der Waals surface area contributed by atoms with E-state index >= 15 is 0 Å². The van der Waals surface area contributed by atoms with Crippen LogP contribution >= 0.6 is 0 Å². The molecule has 0 bridgehead atoms. The van der Waals surface area contributed by atoms with Gasteiger partial charge in [-0.25, -0.2) is 0 Å². The number of para-hydroxylation sites is 1. The van der Waals surface area contributed by atoms with Crippen LogP contribution < -0.4 is 4.90 Å². The summed E-state index contributed by atoms with van der Waals surface area (Å²) in [5, 5.41) is 2.22. The van der Waals surface area contributed by atoms with Crippen LogP contribution in [0, 0.1) is 0 Å². The van der Waals surface area contributed by atoms with E-state index in [4.69, 9.17) is 4.42 Å². The van der Waals surface area contributed by atoms with Gasteiger partial charge in [-0.3, -0.25) is 0 Å². The predicted molar refractivity (Wildman–Crippen MR) is 287 cm³/mol. The van der Waals surface area contributed by atoms with Gasteiger partial charge in [0.25, 0.3) is 0 Å². The number of benzene rings is 11. The van der Waals surface area contributed by atoms with Gasteiger partial charge in [0.2, 0.25) is 0 Å². The molecule has 2 nitrogen and oxygen atoms in total. The minimum absolute atomic E-state index is 0.543. The molecule has 0 saturated heterocycles. The molecular formula is C67H45NO. The highest BCUT2D eigenvalue weighted by Crippen LogP contribution is 2.59. The molecule has 11 aromatic carbocycles. The third-order valence-corrected chi connectivity index (χ3v) is 14.1. The first-order valence-electron chi connectivity index (χ1n) is 23.7. The summed E-state index contributed by atoms with van der Waals surface area (Å²) in [6.45, 7) is 0. The molecule has 0 N–H and O–H groups in total. The van der Waals surface area contributed by atoms with Crippen molar-refractivity contribution in [1.29, 1.82) is 0 Å². The van der Waals surface area contributed by atoms with Crippen LogP contribution in [0.3, 0.4) is 0 Å². The second-order valence-corrected chi connectivity index (χ2v) is 18.0. The summed E-state index contributed by atoms with van der Waals surface area (Å²) in [6, 6.07) is 99.3. The highest BCUT2D eigenvalue weighted by Gasteiger charge is 2.47. The Morgan fingerprint density at radius 2 is 0.812 bits per heavy atom. The van der Waals surface area contributed by atoms with Crippen molar-refractivity contribution in [3.63, 3.8) is 0 Å². The minimum atomic E-state index is -0.543. The van der Waals surface area contributed by atoms with Crippen molar-refractivity contribution in [3.8, 4) is 55.6 Å². The number of hydrogen-bond donors (Lipinski definition) is 0. The fourth-order valence-electron chi connectivity index (χ4n) is 11.0. The normalized spacial score (nSPS) is 12.5. The van der Waals surface area contributed by atoms with Crippen LogP contribution in [0.1, 0.15) is 22.3 Å². The molecular weight excluding hydrogens is 835 g/mol. The van der Waals surface area contributed by atoms with Crippen molar-refractivity contribution < 1.29 is 4.42 Å². The third-order valence-electron chi connectivity index (χ3n) is 14.1. The van der Waals surface area contributed by atoms with E-state index in [0.717, 1.165) is 72.4 Å². The number of rotatable bonds is 9. The molecule has 0 spiro atoms. The SMILES string of the molecule is c1ccc(-c2cc(-c3ccccc3)cc(N(c3ccc(-c4ccc5oc6c(-c7ccccc7)cccc6c5c4)cc3)c3cccc4c3-c3ccccc3C4(c3ccccc3)c3ccccc3)c2)cc1. The van der Waals surface area contributed by atoms with Crippen LogP contribution in [0.2, 0.25) is 0 Å². The maximum Gasteiger partial charge on any atom is 0.143 e. The average Bonchev–Trinajstić information content (AvgIpc) is 3.96. The fourth-order valence-corrected chi connectivity index (χ4v) is 11.0. The molecule has 2 heteroatoms. The highest BCUT2D eigenvalue weighted by molar-refractivity contribution is 6.10. The van der Waals surface area contributed by atoms with Gasteiger partial charge in [-0.05, 0) is 115 Å². The molecule has 1 aliphatic rings. The number of fused-ring (bicyclic) bond motifs is 6. The van der Waals surface area contributed by atoms with Gasteiger partial charge >= 0.3 is 0 Å². The van der Waals surface area contributed by atoms with Crippen LogP contribution in [0.5, 0.6) is 0 Å². The quantitative estimate of drug-likeness (QED) is 0.144. The van der Waals surface area contributed by atoms with E-state index in [1.165, 1.54) is 44.5 Å². The molecule has 0 atom stereocenters. The van der Waals surface area contributed by atoms with Gasteiger partial charge < -0.3 is 9.32 Å². The number of hydrogen-bond acceptors (Lipinski definition) is 2. The van der Waals surface area contributed by atoms with Crippen molar-refractivity contribution in [3.05, 3.63) is 295 Å². The first-order chi connectivity index (χ1) is 34.2. The Kier molecular flexibility index (Phi) is 9.77. The van der Waals surface area contributed by atoms with Gasteiger partial charge in [0.1, 0.15) is 11.2 Å². The Bertz CT molecular complexity index is 3710. The van der Waals surface area contributed by atoms with E-state index in [1.807, 2.05) is 0 Å². The summed E-state index contributed by atoms with van der Waals surface area (Å²) >= 11 is 0. The van der Waals surface area contributed by atoms with E-state index in [9.17, 15) is 0 Å². The highest BCUT2D eigenvalue weighted by atomic mass is 16.3. The zero-order valence-electron chi connectivity index (χ0n) is 37.8. The maximum atomic E-state index is 6.59. The molecule has 0 saturated carbocycles. The Morgan fingerprint density at radius 1 is 0.304 bits per heavy atom. The molecule has 0 unspecified atom stereocenters. The fraction of sp³-hybridized carbons (Fsp3) is 0.0149. The van der Waals surface area contributed by atoms with Crippen molar-refractivity contribution in [1.82, 2.24) is 0 Å². The van der Waals surface area contributed by atoms with Gasteiger partial charge in [0, 0.05) is 33.3 Å². The molecule has 1 heterocycles. The first-order valence-corrected chi connectivity index (χ1v) is 23.7. The second kappa shape index (κ2) is 16.7. The summed E-state index contributed by atoms with van der Waals surface area (Å²) < 4.78 is 6.59. The largest absolute Gasteiger partial charge is 0.455 e. The van der Waals surface area contributed by atoms with E-state index < -0.39 is 5.41 Å². The number of anilines is 3. The zero-order chi connectivity index (χ0) is 45.7. The molecule has 0 fully saturated rings. The standard InChI is InChI=1S/C67H45NO/c1-6-20-46(21-7-1)51-42-52(47-22-8-2-9-23-47)44-56(43-51)68(55-39-36-48(37-40-55)50-38-41-64-60(45-50)58-32-18-31-57(66(58)69-64)49-24-10-3-11-25-49)63-35-19-34-62-65(63)59-30-16-17-33-61(59)67(62,53-26-12-4-13-27-53)54-28-14-5-15-29-54/h1-45H. The van der Waals surface area contributed by atoms with Crippen molar-refractivity contribution in [2.24, 2.45) is 0 Å². The summed E-state index contributed by atoms with van der Waals surface area (Å²) in [5.41, 5.74) is 21.1. The van der Waals surface area contributed by atoms with E-state index in [2.05, 4.69) is 278 Å². The van der Waals surface area contributed by atoms with Crippen molar-refractivity contribution >= 4 is 39.0 Å². The van der Waals surface area contributed by atoms with Crippen LogP contribution in [0.25, 0.3) is 77.6 Å². The topological polar surface area (TPSA) is 16.4 Å². The third kappa shape index (κ3) is 6.72. The summed E-state index contributed by atoms with van der Waals surface area (Å²) in [7, 11) is 0. The number of furan rings is 1. The monoisotopic (exact) mass is 879 g/mol. The molecule has 69 heavy (non-hydrogen) atoms. The van der Waals surface area contributed by atoms with Crippen LogP contribution in [-0.4, -0.2) is 0 Å². The molecule has 12 aromatic rings. The van der Waals surface area contributed by atoms with Gasteiger partial charge in [0.05, 0.1) is 11.1 Å². The molecule has 13 rings (SSSR count). The number of nitrogens with zero attached hydrogens (tertiary/aromatic N) is 1. The Balaban J connectivity index is 1.03. The van der Waals surface area contributed by atoms with Crippen LogP contribution in [0.4, 0.5) is 17.1 Å². The molecule has 0 aliphatic heterocycles. The van der Waals surface area contributed by atoms with E-state index in [0.29, 0.717) is 0 Å². The van der Waals surface area contributed by atoms with Gasteiger partial charge in [-0.15, -0.1) is 0 Å². The predicted octanol–water partition coefficient (Wildman–Crippen LogP) is 18.1. The minimum Gasteiger partial charge on any atom is -0.455 e. The van der Waals surface area contributed by atoms with E-state index in [-0.39, 0.29) is 0 Å². The molecule has 324 valence electrons. The molecule has 0 radical (unpaired) electrons. The smallest absolute Gasteiger partial charge is 0.143 e. The average molecular weight is 880 g/mol. The maximum absolute atomic E-state index is 6.59. The lowest BCUT2D eigenvalue weighted by Crippen LogP contribution is -2.28. The summed E-state index contributed by atoms with van der Waals surface area (Å²) in [6.07, 6.45) is 0. The lowest BCUT2D eigenvalue weighted by atomic mass is 9.68. The zero-order valence-corrected chi connectivity index (χ0v) is 37.8. The Labute approximate surface area is 402 Å². The molecule has 1 aliphatic carbocycles. The lowest BCUT2D eigenvalue weighted by molar-refractivity contribution is 0.670. The summed E-state index contributed by atoms with van der Waals surface area (Å²) in [5.74, 6) is 0. The lowest BCUT2D eigenvalue weighted by Gasteiger charge is -2.34. The molecule has 0 amide bonds. The van der Waals surface area contributed by atoms with Crippen LogP contribution in [-0.2, 0) is 5.41 Å².